The van der Waals surface area contributed by atoms with E-state index in [2.05, 4.69) is 41.5 Å². The van der Waals surface area contributed by atoms with Crippen LogP contribution < -0.4 is 15.5 Å². The number of carbonyl (C=O) groups is 3. The molecule has 3 amide bonds. The number of hydrogen-bond donors (Lipinski definition) is 2. The largest absolute Gasteiger partial charge is 0.368 e. The van der Waals surface area contributed by atoms with Crippen molar-refractivity contribution in [2.75, 3.05) is 44.2 Å². The zero-order chi connectivity index (χ0) is 23.3. The molecular weight excluding hydrogens is 451 g/mol. The van der Waals surface area contributed by atoms with Gasteiger partial charge in [-0.3, -0.25) is 14.4 Å². The Balaban J connectivity index is 1.41. The van der Waals surface area contributed by atoms with E-state index in [0.29, 0.717) is 18.1 Å². The molecule has 0 atom stereocenters. The number of nitrogens with zero attached hydrogens (tertiary/aromatic N) is 2. The van der Waals surface area contributed by atoms with Gasteiger partial charge < -0.3 is 20.4 Å². The third-order valence-electron chi connectivity index (χ3n) is 5.57. The maximum Gasteiger partial charge on any atom is 0.253 e. The molecule has 0 radical (unpaired) electrons. The van der Waals surface area contributed by atoms with Crippen molar-refractivity contribution in [1.82, 2.24) is 15.5 Å². The van der Waals surface area contributed by atoms with E-state index in [1.54, 1.807) is 11.0 Å². The van der Waals surface area contributed by atoms with Crippen LogP contribution in [0.2, 0.25) is 10.0 Å². The van der Waals surface area contributed by atoms with Gasteiger partial charge in [0.25, 0.3) is 5.91 Å². The molecule has 170 valence electrons. The number of halogens is 2. The fraction of sp³-hybridized carbons (Fsp3) is 0.348. The SMILES string of the molecule is Cc1cccc(N2CCN(C(=O)CNC(=O)CNC(=O)c3ccc(Cl)cc3Cl)CC2)c1C. The topological polar surface area (TPSA) is 81.8 Å². The smallest absolute Gasteiger partial charge is 0.253 e. The van der Waals surface area contributed by atoms with Gasteiger partial charge in [-0.1, -0.05) is 35.3 Å². The minimum absolute atomic E-state index is 0.111. The minimum Gasteiger partial charge on any atom is -0.368 e. The van der Waals surface area contributed by atoms with Crippen molar-refractivity contribution >= 4 is 46.6 Å². The number of aryl methyl sites for hydroxylation is 1. The number of hydrogen-bond acceptors (Lipinski definition) is 4. The Morgan fingerprint density at radius 3 is 2.34 bits per heavy atom. The first-order valence-corrected chi connectivity index (χ1v) is 11.1. The Morgan fingerprint density at radius 2 is 1.66 bits per heavy atom. The third-order valence-corrected chi connectivity index (χ3v) is 6.12. The number of anilines is 1. The van der Waals surface area contributed by atoms with Crippen LogP contribution >= 0.6 is 23.2 Å². The highest BCUT2D eigenvalue weighted by Gasteiger charge is 2.22. The molecule has 1 fully saturated rings. The third kappa shape index (κ3) is 5.93. The molecule has 9 heteroatoms. The average molecular weight is 477 g/mol. The monoisotopic (exact) mass is 476 g/mol. The van der Waals surface area contributed by atoms with Crippen LogP contribution in [-0.2, 0) is 9.59 Å². The van der Waals surface area contributed by atoms with Crippen LogP contribution in [-0.4, -0.2) is 61.9 Å². The van der Waals surface area contributed by atoms with Gasteiger partial charge >= 0.3 is 0 Å². The zero-order valence-corrected chi connectivity index (χ0v) is 19.6. The van der Waals surface area contributed by atoms with Gasteiger partial charge in [-0.2, -0.15) is 0 Å². The average Bonchev–Trinajstić information content (AvgIpc) is 2.78. The molecular formula is C23H26Cl2N4O3. The van der Waals surface area contributed by atoms with Gasteiger partial charge in [0.2, 0.25) is 11.8 Å². The van der Waals surface area contributed by atoms with Crippen LogP contribution in [0.4, 0.5) is 5.69 Å². The lowest BCUT2D eigenvalue weighted by Crippen LogP contribution is -2.52. The molecule has 0 aromatic heterocycles. The predicted octanol–water partition coefficient (Wildman–Crippen LogP) is 2.81. The van der Waals surface area contributed by atoms with E-state index >= 15 is 0 Å². The normalized spacial score (nSPS) is 13.6. The molecule has 1 saturated heterocycles. The molecule has 3 rings (SSSR count). The molecule has 0 spiro atoms. The highest BCUT2D eigenvalue weighted by atomic mass is 35.5. The number of benzene rings is 2. The number of rotatable bonds is 6. The Labute approximate surface area is 197 Å². The fourth-order valence-electron chi connectivity index (χ4n) is 3.55. The molecule has 2 aromatic carbocycles. The molecule has 32 heavy (non-hydrogen) atoms. The minimum atomic E-state index is -0.490. The summed E-state index contributed by atoms with van der Waals surface area (Å²) >= 11 is 11.8. The molecule has 1 aliphatic heterocycles. The van der Waals surface area contributed by atoms with E-state index in [1.807, 2.05) is 6.07 Å². The molecule has 0 saturated carbocycles. The summed E-state index contributed by atoms with van der Waals surface area (Å²) in [7, 11) is 0. The summed E-state index contributed by atoms with van der Waals surface area (Å²) in [6.45, 7) is 6.49. The summed E-state index contributed by atoms with van der Waals surface area (Å²) in [5.41, 5.74) is 3.92. The van der Waals surface area contributed by atoms with E-state index in [1.165, 1.54) is 28.9 Å². The Hall–Kier alpha value is -2.77. The fourth-order valence-corrected chi connectivity index (χ4v) is 4.05. The molecule has 0 aliphatic carbocycles. The maximum atomic E-state index is 12.5. The van der Waals surface area contributed by atoms with Gasteiger partial charge in [-0.15, -0.1) is 0 Å². The number of nitrogens with one attached hydrogen (secondary N) is 2. The molecule has 7 nitrogen and oxygen atoms in total. The van der Waals surface area contributed by atoms with Crippen molar-refractivity contribution in [3.05, 3.63) is 63.1 Å². The van der Waals surface area contributed by atoms with Gasteiger partial charge in [0.15, 0.2) is 0 Å². The lowest BCUT2D eigenvalue weighted by Gasteiger charge is -2.37. The molecule has 0 unspecified atom stereocenters. The molecule has 2 aromatic rings. The summed E-state index contributed by atoms with van der Waals surface area (Å²) in [4.78, 5) is 40.7. The van der Waals surface area contributed by atoms with Gasteiger partial charge in [-0.05, 0) is 49.2 Å². The quantitative estimate of drug-likeness (QED) is 0.671. The van der Waals surface area contributed by atoms with Crippen LogP contribution in [0, 0.1) is 13.8 Å². The van der Waals surface area contributed by atoms with Crippen molar-refractivity contribution in [1.29, 1.82) is 0 Å². The number of carbonyl (C=O) groups excluding carboxylic acids is 3. The standard InChI is InChI=1S/C23H26Cl2N4O3/c1-15-4-3-5-20(16(15)2)28-8-10-29(11-9-28)22(31)14-26-21(30)13-27-23(32)18-7-6-17(24)12-19(18)25/h3-7,12H,8-11,13-14H2,1-2H3,(H,26,30)(H,27,32). The second-order valence-electron chi connectivity index (χ2n) is 7.67. The van der Waals surface area contributed by atoms with Crippen molar-refractivity contribution < 1.29 is 14.4 Å². The highest BCUT2D eigenvalue weighted by Crippen LogP contribution is 2.24. The van der Waals surface area contributed by atoms with E-state index < -0.39 is 11.8 Å². The van der Waals surface area contributed by atoms with Crippen molar-refractivity contribution in [3.8, 4) is 0 Å². The summed E-state index contributed by atoms with van der Waals surface area (Å²) in [6.07, 6.45) is 0. The first kappa shape index (κ1) is 23.9. The zero-order valence-electron chi connectivity index (χ0n) is 18.1. The van der Waals surface area contributed by atoms with Gasteiger partial charge in [0, 0.05) is 36.9 Å². The molecule has 2 N–H and O–H groups in total. The second-order valence-corrected chi connectivity index (χ2v) is 8.51. The van der Waals surface area contributed by atoms with E-state index in [0.717, 1.165) is 13.1 Å². The van der Waals surface area contributed by atoms with Crippen LogP contribution in [0.3, 0.4) is 0 Å². The van der Waals surface area contributed by atoms with E-state index in [4.69, 9.17) is 23.2 Å². The van der Waals surface area contributed by atoms with Gasteiger partial charge in [0.1, 0.15) is 0 Å². The lowest BCUT2D eigenvalue weighted by molar-refractivity contribution is -0.132. The molecule has 1 heterocycles. The Bertz CT molecular complexity index is 1020. The molecule has 0 bridgehead atoms. The number of amides is 3. The van der Waals surface area contributed by atoms with E-state index in [9.17, 15) is 14.4 Å². The van der Waals surface area contributed by atoms with Crippen LogP contribution in [0.1, 0.15) is 21.5 Å². The first-order valence-electron chi connectivity index (χ1n) is 10.3. The Kier molecular flexibility index (Phi) is 7.99. The summed E-state index contributed by atoms with van der Waals surface area (Å²) < 4.78 is 0. The maximum absolute atomic E-state index is 12.5. The summed E-state index contributed by atoms with van der Waals surface area (Å²) in [5.74, 6) is -1.09. The van der Waals surface area contributed by atoms with Crippen molar-refractivity contribution in [2.45, 2.75) is 13.8 Å². The van der Waals surface area contributed by atoms with Crippen LogP contribution in [0.15, 0.2) is 36.4 Å². The first-order chi connectivity index (χ1) is 15.3. The van der Waals surface area contributed by atoms with E-state index in [-0.39, 0.29) is 29.6 Å². The summed E-state index contributed by atoms with van der Waals surface area (Å²) in [6, 6.07) is 10.7. The lowest BCUT2D eigenvalue weighted by atomic mass is 10.1. The summed E-state index contributed by atoms with van der Waals surface area (Å²) in [5, 5.41) is 5.66. The number of piperazine rings is 1. The van der Waals surface area contributed by atoms with Crippen LogP contribution in [0.5, 0.6) is 0 Å². The second kappa shape index (κ2) is 10.7. The van der Waals surface area contributed by atoms with Gasteiger partial charge in [-0.25, -0.2) is 0 Å². The van der Waals surface area contributed by atoms with Crippen molar-refractivity contribution in [2.24, 2.45) is 0 Å². The molecule has 1 aliphatic rings. The van der Waals surface area contributed by atoms with Crippen molar-refractivity contribution in [3.63, 3.8) is 0 Å². The van der Waals surface area contributed by atoms with Gasteiger partial charge in [0.05, 0.1) is 23.7 Å². The predicted molar refractivity (Wildman–Crippen MR) is 127 cm³/mol. The highest BCUT2D eigenvalue weighted by molar-refractivity contribution is 6.36. The Morgan fingerprint density at radius 1 is 0.938 bits per heavy atom. The van der Waals surface area contributed by atoms with Crippen LogP contribution in [0.25, 0.3) is 0 Å².